The maximum absolute atomic E-state index is 13.2. The molecule has 188 valence electrons. The monoisotopic (exact) mass is 494 g/mol. The quantitative estimate of drug-likeness (QED) is 0.435. The molecule has 9 heteroatoms. The fourth-order valence-corrected chi connectivity index (χ4v) is 9.26. The number of ether oxygens (including phenoxy) is 2. The van der Waals surface area contributed by atoms with Crippen LogP contribution >= 0.6 is 0 Å². The van der Waals surface area contributed by atoms with Crippen LogP contribution in [0.3, 0.4) is 0 Å². The highest BCUT2D eigenvalue weighted by molar-refractivity contribution is 7.86. The van der Waals surface area contributed by atoms with Gasteiger partial charge in [0.2, 0.25) is 0 Å². The largest absolute Gasteiger partial charge is 0.469 e. The summed E-state index contributed by atoms with van der Waals surface area (Å²) in [7, 11) is -2.44. The second kappa shape index (κ2) is 7.63. The van der Waals surface area contributed by atoms with Crippen LogP contribution in [0, 0.1) is 34.5 Å². The van der Waals surface area contributed by atoms with Gasteiger partial charge < -0.3 is 9.47 Å². The van der Waals surface area contributed by atoms with E-state index in [1.807, 2.05) is 0 Å². The van der Waals surface area contributed by atoms with Crippen LogP contribution in [0.5, 0.6) is 0 Å². The minimum Gasteiger partial charge on any atom is -0.469 e. The van der Waals surface area contributed by atoms with Crippen molar-refractivity contribution >= 4 is 27.8 Å². The van der Waals surface area contributed by atoms with Gasteiger partial charge >= 0.3 is 11.9 Å². The molecule has 1 saturated heterocycles. The van der Waals surface area contributed by atoms with E-state index in [4.69, 9.17) is 13.7 Å². The summed E-state index contributed by atoms with van der Waals surface area (Å²) >= 11 is 0. The minimum absolute atomic E-state index is 0.0356. The Morgan fingerprint density at radius 1 is 1.15 bits per heavy atom. The number of methoxy groups -OCH3 is 1. The molecule has 0 N–H and O–H groups in total. The van der Waals surface area contributed by atoms with Crippen molar-refractivity contribution in [3.63, 3.8) is 0 Å². The van der Waals surface area contributed by atoms with E-state index in [1.165, 1.54) is 7.11 Å². The van der Waals surface area contributed by atoms with Gasteiger partial charge in [-0.25, -0.2) is 0 Å². The lowest BCUT2D eigenvalue weighted by Gasteiger charge is -2.62. The second-order valence-electron chi connectivity index (χ2n) is 11.6. The number of fused-ring (bicyclic) bond motifs is 6. The van der Waals surface area contributed by atoms with E-state index in [2.05, 4.69) is 13.8 Å². The summed E-state index contributed by atoms with van der Waals surface area (Å²) in [6, 6.07) is 0. The summed E-state index contributed by atoms with van der Waals surface area (Å²) in [6.45, 7) is 4.18. The van der Waals surface area contributed by atoms with E-state index in [1.54, 1.807) is 6.08 Å². The molecule has 0 aromatic rings. The van der Waals surface area contributed by atoms with Crippen LogP contribution in [0.2, 0.25) is 0 Å². The maximum atomic E-state index is 13.2. The van der Waals surface area contributed by atoms with Crippen molar-refractivity contribution in [3.05, 3.63) is 11.6 Å². The topological polar surface area (TPSA) is 113 Å². The van der Waals surface area contributed by atoms with Crippen LogP contribution in [0.1, 0.15) is 65.2 Å². The van der Waals surface area contributed by atoms with Crippen LogP contribution in [-0.4, -0.2) is 51.2 Å². The number of hydrogen-bond acceptors (Lipinski definition) is 8. The molecule has 0 radical (unpaired) electrons. The van der Waals surface area contributed by atoms with Gasteiger partial charge in [0.05, 0.1) is 25.4 Å². The molecular weight excluding hydrogens is 460 g/mol. The van der Waals surface area contributed by atoms with Crippen molar-refractivity contribution in [2.75, 3.05) is 13.4 Å². The molecule has 0 aromatic heterocycles. The van der Waals surface area contributed by atoms with Gasteiger partial charge in [0.15, 0.2) is 5.78 Å². The zero-order valence-electron chi connectivity index (χ0n) is 20.3. The Labute approximate surface area is 200 Å². The maximum Gasteiger partial charge on any atom is 0.309 e. The van der Waals surface area contributed by atoms with Crippen LogP contribution in [0.15, 0.2) is 11.6 Å². The zero-order chi connectivity index (χ0) is 24.7. The third-order valence-electron chi connectivity index (χ3n) is 10.1. The average molecular weight is 495 g/mol. The standard InChI is InChI=1S/C25H34O8S/c1-23-8-5-15(26)11-14(23)12-16(22(28)31-3)20-17-6-9-25(10-7-19(27)32-25)24(17,2)13-18(21(20)23)33-34(4,29)30/h11,16-18,20-21H,5-10,12-13H2,1-4H3/t16-,17?,18-,20?,21?,23?,24?,25-/m1/s1. The highest BCUT2D eigenvalue weighted by Gasteiger charge is 2.71. The number of carbonyl (C=O) groups is 3. The van der Waals surface area contributed by atoms with Gasteiger partial charge in [-0.15, -0.1) is 0 Å². The van der Waals surface area contributed by atoms with Crippen molar-refractivity contribution in [3.8, 4) is 0 Å². The Bertz CT molecular complexity index is 1080. The molecule has 34 heavy (non-hydrogen) atoms. The predicted octanol–water partition coefficient (Wildman–Crippen LogP) is 2.95. The highest BCUT2D eigenvalue weighted by atomic mass is 32.2. The van der Waals surface area contributed by atoms with Crippen LogP contribution in [0.4, 0.5) is 0 Å². The normalized spacial score (nSPS) is 45.8. The van der Waals surface area contributed by atoms with Gasteiger partial charge in [0, 0.05) is 18.3 Å². The second-order valence-corrected chi connectivity index (χ2v) is 13.2. The third-order valence-corrected chi connectivity index (χ3v) is 10.7. The molecule has 5 unspecified atom stereocenters. The Hall–Kier alpha value is -1.74. The van der Waals surface area contributed by atoms with Crippen molar-refractivity contribution in [1.82, 2.24) is 0 Å². The van der Waals surface area contributed by atoms with Crippen LogP contribution < -0.4 is 0 Å². The van der Waals surface area contributed by atoms with E-state index in [0.717, 1.165) is 18.2 Å². The highest BCUT2D eigenvalue weighted by Crippen LogP contribution is 2.71. The first-order valence-electron chi connectivity index (χ1n) is 12.3. The lowest BCUT2D eigenvalue weighted by atomic mass is 9.43. The van der Waals surface area contributed by atoms with Crippen LogP contribution in [0.25, 0.3) is 0 Å². The van der Waals surface area contributed by atoms with Crippen molar-refractivity contribution in [1.29, 1.82) is 0 Å². The van der Waals surface area contributed by atoms with Gasteiger partial charge in [0.25, 0.3) is 10.1 Å². The molecule has 0 aromatic carbocycles. The number of carbonyl (C=O) groups excluding carboxylic acids is 3. The number of ketones is 1. The fourth-order valence-electron chi connectivity index (χ4n) is 8.63. The van der Waals surface area contributed by atoms with E-state index < -0.39 is 38.6 Å². The Kier molecular flexibility index (Phi) is 5.38. The Morgan fingerprint density at radius 3 is 2.50 bits per heavy atom. The average Bonchev–Trinajstić information content (AvgIpc) is 3.26. The first kappa shape index (κ1) is 24.0. The first-order chi connectivity index (χ1) is 15.8. The Morgan fingerprint density at radius 2 is 1.88 bits per heavy atom. The molecule has 5 aliphatic rings. The summed E-state index contributed by atoms with van der Waals surface area (Å²) in [5.41, 5.74) is -0.753. The van der Waals surface area contributed by atoms with Crippen molar-refractivity contribution in [2.45, 2.75) is 76.9 Å². The minimum atomic E-state index is -3.80. The lowest BCUT2D eigenvalue weighted by Crippen LogP contribution is -2.63. The number of allylic oxidation sites excluding steroid dienone is 1. The molecule has 1 spiro atoms. The van der Waals surface area contributed by atoms with Crippen LogP contribution in [-0.2, 0) is 38.2 Å². The Balaban J connectivity index is 1.68. The molecule has 4 aliphatic carbocycles. The SMILES string of the molecule is COC(=O)[C@@H]1CC2=CC(=O)CCC2(C)C2C1C1CC[C@@]3(CCC(=O)O3)C1(C)C[C@H]2OS(C)(=O)=O. The van der Waals surface area contributed by atoms with Gasteiger partial charge in [-0.2, -0.15) is 8.42 Å². The third kappa shape index (κ3) is 3.33. The van der Waals surface area contributed by atoms with Gasteiger partial charge in [-0.3, -0.25) is 18.6 Å². The van der Waals surface area contributed by atoms with Crippen molar-refractivity contribution in [2.24, 2.45) is 34.5 Å². The van der Waals surface area contributed by atoms with Crippen molar-refractivity contribution < 1.29 is 36.5 Å². The summed E-state index contributed by atoms with van der Waals surface area (Å²) in [5, 5.41) is 0. The number of rotatable bonds is 3. The van der Waals surface area contributed by atoms with E-state index >= 15 is 0 Å². The molecule has 8 nitrogen and oxygen atoms in total. The summed E-state index contributed by atoms with van der Waals surface area (Å²) in [6.07, 6.45) is 6.29. The van der Waals surface area contributed by atoms with Gasteiger partial charge in [-0.05, 0) is 67.8 Å². The smallest absolute Gasteiger partial charge is 0.309 e. The summed E-state index contributed by atoms with van der Waals surface area (Å²) in [5.74, 6) is -1.47. The molecule has 1 aliphatic heterocycles. The molecular formula is C25H34O8S. The van der Waals surface area contributed by atoms with Gasteiger partial charge in [-0.1, -0.05) is 19.4 Å². The molecule has 8 atom stereocenters. The molecule has 0 amide bonds. The van der Waals surface area contributed by atoms with E-state index in [9.17, 15) is 22.8 Å². The molecule has 1 heterocycles. The summed E-state index contributed by atoms with van der Waals surface area (Å²) < 4.78 is 42.0. The first-order valence-corrected chi connectivity index (χ1v) is 14.1. The molecule has 5 rings (SSSR count). The van der Waals surface area contributed by atoms with E-state index in [0.29, 0.717) is 44.9 Å². The van der Waals surface area contributed by atoms with Gasteiger partial charge in [0.1, 0.15) is 5.60 Å². The summed E-state index contributed by atoms with van der Waals surface area (Å²) in [4.78, 5) is 37.7. The predicted molar refractivity (Wildman–Crippen MR) is 121 cm³/mol. The fraction of sp³-hybridized carbons (Fsp3) is 0.800. The molecule has 4 fully saturated rings. The van der Waals surface area contributed by atoms with E-state index in [-0.39, 0.29) is 35.5 Å². The molecule has 0 bridgehead atoms. The lowest BCUT2D eigenvalue weighted by molar-refractivity contribution is -0.193. The number of esters is 2. The number of hydrogen-bond donors (Lipinski definition) is 0. The molecule has 3 saturated carbocycles. The zero-order valence-corrected chi connectivity index (χ0v) is 21.1.